The van der Waals surface area contributed by atoms with Crippen LogP contribution in [-0.4, -0.2) is 41.5 Å². The molecule has 0 bridgehead atoms. The van der Waals surface area contributed by atoms with Gasteiger partial charge in [0.15, 0.2) is 5.82 Å². The lowest BCUT2D eigenvalue weighted by Crippen LogP contribution is -2.41. The Kier molecular flexibility index (Phi) is 3.50. The van der Waals surface area contributed by atoms with Gasteiger partial charge in [0.2, 0.25) is 15.9 Å². The van der Waals surface area contributed by atoms with Crippen molar-refractivity contribution in [3.05, 3.63) is 6.20 Å². The fourth-order valence-corrected chi connectivity index (χ4v) is 3.76. The molecule has 1 aliphatic rings. The molecule has 8 nitrogen and oxygen atoms in total. The molecular formula is C10H17N5O3S. The average Bonchev–Trinajstić information content (AvgIpc) is 2.69. The lowest BCUT2D eigenvalue weighted by molar-refractivity contribution is -0.122. The summed E-state index contributed by atoms with van der Waals surface area (Å²) >= 11 is 0. The molecule has 1 saturated heterocycles. The summed E-state index contributed by atoms with van der Waals surface area (Å²) in [6.45, 7) is 0.536. The fraction of sp³-hybridized carbons (Fsp3) is 0.600. The van der Waals surface area contributed by atoms with E-state index in [1.54, 1.807) is 7.05 Å². The molecule has 19 heavy (non-hydrogen) atoms. The number of hydrogen-bond donors (Lipinski definition) is 2. The number of nitrogens with two attached hydrogens (primary N) is 2. The van der Waals surface area contributed by atoms with Crippen molar-refractivity contribution in [3.8, 4) is 0 Å². The van der Waals surface area contributed by atoms with E-state index in [4.69, 9.17) is 11.5 Å². The van der Waals surface area contributed by atoms with Gasteiger partial charge in [-0.05, 0) is 12.8 Å². The molecule has 0 spiro atoms. The average molecular weight is 287 g/mol. The molecule has 1 amide bonds. The fourth-order valence-electron chi connectivity index (χ4n) is 2.20. The topological polar surface area (TPSA) is 124 Å². The lowest BCUT2D eigenvalue weighted by atomic mass is 9.98. The summed E-state index contributed by atoms with van der Waals surface area (Å²) in [7, 11) is -2.04. The van der Waals surface area contributed by atoms with E-state index >= 15 is 0 Å². The van der Waals surface area contributed by atoms with Gasteiger partial charge in [-0.1, -0.05) is 0 Å². The maximum atomic E-state index is 12.4. The highest BCUT2D eigenvalue weighted by molar-refractivity contribution is 7.89. The first-order chi connectivity index (χ1) is 8.82. The molecule has 106 valence electrons. The van der Waals surface area contributed by atoms with Crippen LogP contribution in [0.4, 0.5) is 5.82 Å². The minimum absolute atomic E-state index is 0.00697. The Hall–Kier alpha value is -1.61. The number of piperidine rings is 1. The first-order valence-electron chi connectivity index (χ1n) is 5.91. The number of aromatic nitrogens is 2. The highest BCUT2D eigenvalue weighted by Gasteiger charge is 2.33. The highest BCUT2D eigenvalue weighted by Crippen LogP contribution is 2.25. The second-order valence-electron chi connectivity index (χ2n) is 4.63. The van der Waals surface area contributed by atoms with Crippen molar-refractivity contribution in [1.29, 1.82) is 0 Å². The van der Waals surface area contributed by atoms with Crippen LogP contribution in [0.25, 0.3) is 0 Å². The monoisotopic (exact) mass is 287 g/mol. The van der Waals surface area contributed by atoms with E-state index in [0.29, 0.717) is 12.8 Å². The molecule has 1 aromatic rings. The molecule has 0 aromatic carbocycles. The maximum absolute atomic E-state index is 12.4. The van der Waals surface area contributed by atoms with Gasteiger partial charge in [0.1, 0.15) is 4.90 Å². The number of nitrogens with zero attached hydrogens (tertiary/aromatic N) is 3. The Balaban J connectivity index is 2.19. The van der Waals surface area contributed by atoms with Crippen molar-refractivity contribution in [2.24, 2.45) is 18.7 Å². The van der Waals surface area contributed by atoms with E-state index in [0.717, 1.165) is 0 Å². The molecule has 9 heteroatoms. The van der Waals surface area contributed by atoms with Crippen molar-refractivity contribution in [2.45, 2.75) is 17.7 Å². The molecular weight excluding hydrogens is 270 g/mol. The molecule has 0 saturated carbocycles. The Bertz CT molecular complexity index is 586. The number of rotatable bonds is 3. The second kappa shape index (κ2) is 4.82. The van der Waals surface area contributed by atoms with E-state index in [1.807, 2.05) is 0 Å². The quantitative estimate of drug-likeness (QED) is 0.729. The zero-order valence-electron chi connectivity index (χ0n) is 10.6. The van der Waals surface area contributed by atoms with Crippen LogP contribution in [0.5, 0.6) is 0 Å². The van der Waals surface area contributed by atoms with Gasteiger partial charge in [-0.3, -0.25) is 9.48 Å². The van der Waals surface area contributed by atoms with E-state index < -0.39 is 10.0 Å². The molecule has 0 aliphatic carbocycles. The number of anilines is 1. The van der Waals surface area contributed by atoms with Crippen molar-refractivity contribution in [2.75, 3.05) is 18.8 Å². The Morgan fingerprint density at radius 2 is 2.00 bits per heavy atom. The summed E-state index contributed by atoms with van der Waals surface area (Å²) in [6, 6.07) is 0. The van der Waals surface area contributed by atoms with Crippen molar-refractivity contribution in [3.63, 3.8) is 0 Å². The van der Waals surface area contributed by atoms with Gasteiger partial charge in [0.25, 0.3) is 0 Å². The van der Waals surface area contributed by atoms with Crippen molar-refractivity contribution in [1.82, 2.24) is 14.1 Å². The van der Waals surface area contributed by atoms with Crippen LogP contribution in [-0.2, 0) is 21.9 Å². The van der Waals surface area contributed by atoms with E-state index in [-0.39, 0.29) is 35.6 Å². The number of aryl methyl sites for hydroxylation is 1. The number of carbonyl (C=O) groups excluding carboxylic acids is 1. The van der Waals surface area contributed by atoms with Gasteiger partial charge in [-0.15, -0.1) is 0 Å². The molecule has 2 rings (SSSR count). The van der Waals surface area contributed by atoms with Crippen LogP contribution in [0.15, 0.2) is 11.1 Å². The third kappa shape index (κ3) is 2.56. The third-order valence-electron chi connectivity index (χ3n) is 3.30. The number of carbonyl (C=O) groups is 1. The summed E-state index contributed by atoms with van der Waals surface area (Å²) in [6.07, 6.45) is 2.26. The summed E-state index contributed by atoms with van der Waals surface area (Å²) in [5, 5.41) is 3.83. The summed E-state index contributed by atoms with van der Waals surface area (Å²) in [5.74, 6) is -0.643. The predicted molar refractivity (Wildman–Crippen MR) is 68.3 cm³/mol. The molecule has 1 aromatic heterocycles. The molecule has 0 unspecified atom stereocenters. The number of amides is 1. The molecule has 1 fully saturated rings. The van der Waals surface area contributed by atoms with E-state index in [1.165, 1.54) is 15.2 Å². The third-order valence-corrected chi connectivity index (χ3v) is 5.21. The van der Waals surface area contributed by atoms with E-state index in [9.17, 15) is 13.2 Å². The first kappa shape index (κ1) is 13.8. The van der Waals surface area contributed by atoms with Crippen LogP contribution in [0, 0.1) is 5.92 Å². The lowest BCUT2D eigenvalue weighted by Gasteiger charge is -2.29. The molecule has 1 aliphatic heterocycles. The summed E-state index contributed by atoms with van der Waals surface area (Å²) in [4.78, 5) is 11.1. The van der Waals surface area contributed by atoms with Gasteiger partial charge < -0.3 is 11.5 Å². The van der Waals surface area contributed by atoms with Crippen LogP contribution in [0.2, 0.25) is 0 Å². The molecule has 0 radical (unpaired) electrons. The maximum Gasteiger partial charge on any atom is 0.248 e. The van der Waals surface area contributed by atoms with E-state index in [2.05, 4.69) is 5.10 Å². The van der Waals surface area contributed by atoms with Crippen LogP contribution in [0.3, 0.4) is 0 Å². The van der Waals surface area contributed by atoms with Gasteiger partial charge >= 0.3 is 0 Å². The zero-order chi connectivity index (χ0) is 14.2. The minimum Gasteiger partial charge on any atom is -0.381 e. The largest absolute Gasteiger partial charge is 0.381 e. The van der Waals surface area contributed by atoms with Crippen molar-refractivity contribution < 1.29 is 13.2 Å². The van der Waals surface area contributed by atoms with Gasteiger partial charge in [-0.2, -0.15) is 9.40 Å². The molecule has 4 N–H and O–H groups in total. The van der Waals surface area contributed by atoms with Gasteiger partial charge in [-0.25, -0.2) is 8.42 Å². The number of primary amides is 1. The predicted octanol–water partition coefficient (Wildman–Crippen LogP) is -1.11. The summed E-state index contributed by atoms with van der Waals surface area (Å²) in [5.41, 5.74) is 10.8. The van der Waals surface area contributed by atoms with Gasteiger partial charge in [0, 0.05) is 32.3 Å². The molecule has 0 atom stereocenters. The number of sulfonamides is 1. The standard InChI is InChI=1S/C10H17N5O3S/c1-14-6-8(9(11)13-14)19(17,18)15-4-2-7(3-5-15)10(12)16/h6-7H,2-5H2,1H3,(H2,11,13)(H2,12,16). The number of hydrogen-bond acceptors (Lipinski definition) is 5. The van der Waals surface area contributed by atoms with Gasteiger partial charge in [0.05, 0.1) is 0 Å². The Labute approximate surface area is 111 Å². The smallest absolute Gasteiger partial charge is 0.248 e. The second-order valence-corrected chi connectivity index (χ2v) is 6.54. The Morgan fingerprint density at radius 1 is 1.42 bits per heavy atom. The molecule has 2 heterocycles. The minimum atomic E-state index is -3.65. The number of nitrogen functional groups attached to an aromatic ring is 1. The normalized spacial score (nSPS) is 18.6. The van der Waals surface area contributed by atoms with Crippen LogP contribution >= 0.6 is 0 Å². The Morgan fingerprint density at radius 3 is 2.42 bits per heavy atom. The van der Waals surface area contributed by atoms with Crippen molar-refractivity contribution >= 4 is 21.7 Å². The SMILES string of the molecule is Cn1cc(S(=O)(=O)N2CCC(C(N)=O)CC2)c(N)n1. The first-order valence-corrected chi connectivity index (χ1v) is 7.35. The highest BCUT2D eigenvalue weighted by atomic mass is 32.2. The summed E-state index contributed by atoms with van der Waals surface area (Å²) < 4.78 is 27.4. The van der Waals surface area contributed by atoms with Crippen LogP contribution in [0.1, 0.15) is 12.8 Å². The van der Waals surface area contributed by atoms with Crippen LogP contribution < -0.4 is 11.5 Å². The zero-order valence-corrected chi connectivity index (χ0v) is 11.4.